The van der Waals surface area contributed by atoms with Gasteiger partial charge in [0.05, 0.1) is 34.1 Å². The second-order valence-corrected chi connectivity index (χ2v) is 11.6. The van der Waals surface area contributed by atoms with E-state index in [0.717, 1.165) is 68.1 Å². The van der Waals surface area contributed by atoms with Crippen LogP contribution < -0.4 is 5.32 Å². The average Bonchev–Trinajstić information content (AvgIpc) is 3.12. The van der Waals surface area contributed by atoms with Crippen molar-refractivity contribution in [1.82, 2.24) is 0 Å². The lowest BCUT2D eigenvalue weighted by Gasteiger charge is -2.11. The van der Waals surface area contributed by atoms with Gasteiger partial charge >= 0.3 is 0 Å². The molecule has 8 heteroatoms. The summed E-state index contributed by atoms with van der Waals surface area (Å²) in [6.07, 6.45) is 3.48. The van der Waals surface area contributed by atoms with E-state index in [1.54, 1.807) is 12.1 Å². The lowest BCUT2D eigenvalue weighted by Crippen LogP contribution is -1.99. The van der Waals surface area contributed by atoms with Crippen molar-refractivity contribution < 1.29 is 5.11 Å². The number of nitrogens with zero attached hydrogens (tertiary/aromatic N) is 6. The van der Waals surface area contributed by atoms with E-state index in [9.17, 15) is 5.11 Å². The molecule has 0 bridgehead atoms. The number of phenolic OH excluding ortho intramolecular Hbond substituents is 1. The third kappa shape index (κ3) is 8.41. The molecule has 6 aromatic rings. The number of phenols is 1. The molecule has 0 aliphatic heterocycles. The van der Waals surface area contributed by atoms with Crippen LogP contribution in [0.4, 0.5) is 39.8 Å². The van der Waals surface area contributed by atoms with Crippen LogP contribution in [0.15, 0.2) is 158 Å². The number of rotatable bonds is 12. The Labute approximate surface area is 280 Å². The lowest BCUT2D eigenvalue weighted by atomic mass is 10.1. The van der Waals surface area contributed by atoms with Crippen LogP contribution >= 0.6 is 0 Å². The van der Waals surface area contributed by atoms with Crippen molar-refractivity contribution in [2.75, 3.05) is 5.32 Å². The van der Waals surface area contributed by atoms with Gasteiger partial charge in [-0.05, 0) is 115 Å². The SMILES string of the molecule is CCCCc1ccc(N=Nc2ccc(N=Nc3ccc(N=Nc4ccc(NCc5ccc(O)cc5)c5ccccc45)cc3C)cc2)cc1. The summed E-state index contributed by atoms with van der Waals surface area (Å²) >= 11 is 0. The number of nitrogens with one attached hydrogen (secondary N) is 1. The van der Waals surface area contributed by atoms with Crippen molar-refractivity contribution in [3.63, 3.8) is 0 Å². The Hall–Kier alpha value is -6.02. The normalized spacial score (nSPS) is 11.7. The number of hydrogen-bond donors (Lipinski definition) is 2. The van der Waals surface area contributed by atoms with Gasteiger partial charge in [0.2, 0.25) is 0 Å². The first-order chi connectivity index (χ1) is 23.5. The number of benzene rings is 6. The molecule has 0 saturated carbocycles. The zero-order valence-corrected chi connectivity index (χ0v) is 27.1. The number of aromatic hydroxyl groups is 1. The molecule has 6 rings (SSSR count). The molecule has 0 unspecified atom stereocenters. The molecule has 0 spiro atoms. The monoisotopic (exact) mass is 631 g/mol. The highest BCUT2D eigenvalue weighted by Crippen LogP contribution is 2.34. The van der Waals surface area contributed by atoms with E-state index in [1.165, 1.54) is 18.4 Å². The van der Waals surface area contributed by atoms with Gasteiger partial charge in [0.15, 0.2) is 0 Å². The summed E-state index contributed by atoms with van der Waals surface area (Å²) in [4.78, 5) is 0. The number of aryl methyl sites for hydroxylation is 2. The second kappa shape index (κ2) is 15.5. The highest BCUT2D eigenvalue weighted by atomic mass is 16.3. The third-order valence-corrected chi connectivity index (χ3v) is 7.93. The van der Waals surface area contributed by atoms with Crippen LogP contribution in [-0.2, 0) is 13.0 Å². The molecule has 0 aromatic heterocycles. The maximum absolute atomic E-state index is 9.56. The predicted molar refractivity (Wildman–Crippen MR) is 195 cm³/mol. The van der Waals surface area contributed by atoms with Gasteiger partial charge < -0.3 is 10.4 Å². The minimum atomic E-state index is 0.258. The van der Waals surface area contributed by atoms with E-state index < -0.39 is 0 Å². The van der Waals surface area contributed by atoms with Crippen molar-refractivity contribution in [2.24, 2.45) is 30.7 Å². The zero-order valence-electron chi connectivity index (χ0n) is 27.1. The summed E-state index contributed by atoms with van der Waals surface area (Å²) < 4.78 is 0. The molecule has 0 fully saturated rings. The Morgan fingerprint density at radius 1 is 0.542 bits per heavy atom. The van der Waals surface area contributed by atoms with E-state index >= 15 is 0 Å². The summed E-state index contributed by atoms with van der Waals surface area (Å²) in [5.41, 5.74) is 8.94. The van der Waals surface area contributed by atoms with Crippen LogP contribution in [0.3, 0.4) is 0 Å². The predicted octanol–water partition coefficient (Wildman–Crippen LogP) is 13.1. The molecule has 0 heterocycles. The topological polar surface area (TPSA) is 106 Å². The van der Waals surface area contributed by atoms with Crippen molar-refractivity contribution >= 4 is 50.6 Å². The summed E-state index contributed by atoms with van der Waals surface area (Å²) in [6.45, 7) is 4.82. The molecule has 0 atom stereocenters. The number of unbranched alkanes of at least 4 members (excludes halogenated alkanes) is 1. The van der Waals surface area contributed by atoms with Crippen LogP contribution in [0.25, 0.3) is 10.8 Å². The van der Waals surface area contributed by atoms with Gasteiger partial charge in [0, 0.05) is 23.0 Å². The van der Waals surface area contributed by atoms with Gasteiger partial charge in [-0.25, -0.2) is 0 Å². The summed E-state index contributed by atoms with van der Waals surface area (Å²) in [7, 11) is 0. The van der Waals surface area contributed by atoms with Crippen molar-refractivity contribution in [2.45, 2.75) is 39.7 Å². The first-order valence-corrected chi connectivity index (χ1v) is 16.1. The first kappa shape index (κ1) is 31.9. The van der Waals surface area contributed by atoms with Crippen LogP contribution in [0.1, 0.15) is 36.5 Å². The number of azo groups is 3. The maximum atomic E-state index is 9.56. The fourth-order valence-electron chi connectivity index (χ4n) is 5.18. The third-order valence-electron chi connectivity index (χ3n) is 7.93. The molecule has 0 aliphatic carbocycles. The smallest absolute Gasteiger partial charge is 0.115 e. The fourth-order valence-corrected chi connectivity index (χ4v) is 5.18. The molecule has 2 N–H and O–H groups in total. The Kier molecular flexibility index (Phi) is 10.3. The van der Waals surface area contributed by atoms with Crippen molar-refractivity contribution in [3.05, 3.63) is 144 Å². The average molecular weight is 632 g/mol. The van der Waals surface area contributed by atoms with E-state index in [-0.39, 0.29) is 5.75 Å². The molecule has 0 amide bonds. The summed E-state index contributed by atoms with van der Waals surface area (Å²) in [5.74, 6) is 0.258. The molecular formula is C40H37N7O. The van der Waals surface area contributed by atoms with Gasteiger partial charge in [-0.1, -0.05) is 61.9 Å². The molecule has 0 aliphatic rings. The largest absolute Gasteiger partial charge is 0.508 e. The molecule has 8 nitrogen and oxygen atoms in total. The van der Waals surface area contributed by atoms with E-state index in [2.05, 4.69) is 61.1 Å². The van der Waals surface area contributed by atoms with E-state index in [4.69, 9.17) is 0 Å². The van der Waals surface area contributed by atoms with Crippen molar-refractivity contribution in [1.29, 1.82) is 0 Å². The Balaban J connectivity index is 1.08. The van der Waals surface area contributed by atoms with Gasteiger partial charge in [0.1, 0.15) is 5.75 Å². The minimum Gasteiger partial charge on any atom is -0.508 e. The van der Waals surface area contributed by atoms with Crippen LogP contribution in [0.5, 0.6) is 5.75 Å². The first-order valence-electron chi connectivity index (χ1n) is 16.1. The van der Waals surface area contributed by atoms with Crippen molar-refractivity contribution in [3.8, 4) is 5.75 Å². The van der Waals surface area contributed by atoms with Gasteiger partial charge in [-0.15, -0.1) is 5.11 Å². The molecular weight excluding hydrogens is 594 g/mol. The standard InChI is InChI=1S/C40H37N7O/c1-3-4-7-29-10-14-31(15-11-29)42-43-32-16-18-33(19-17-32)44-46-38-23-20-34(26-28(38)2)45-47-40-25-24-39(36-8-5-6-9-37(36)40)41-27-30-12-21-35(48)22-13-30/h5-6,8-26,41,48H,3-4,7,27H2,1-2H3. The summed E-state index contributed by atoms with van der Waals surface area (Å²) in [5, 5.41) is 41.8. The Morgan fingerprint density at radius 2 is 1.08 bits per heavy atom. The second-order valence-electron chi connectivity index (χ2n) is 11.6. The number of fused-ring (bicyclic) bond motifs is 1. The van der Waals surface area contributed by atoms with Gasteiger partial charge in [-0.3, -0.25) is 0 Å². The maximum Gasteiger partial charge on any atom is 0.115 e. The minimum absolute atomic E-state index is 0.258. The number of anilines is 1. The van der Waals surface area contributed by atoms with E-state index in [1.807, 2.05) is 104 Å². The van der Waals surface area contributed by atoms with Gasteiger partial charge in [-0.2, -0.15) is 25.6 Å². The van der Waals surface area contributed by atoms with Crippen LogP contribution in [0, 0.1) is 6.92 Å². The van der Waals surface area contributed by atoms with Crippen LogP contribution in [-0.4, -0.2) is 5.11 Å². The molecule has 6 aromatic carbocycles. The van der Waals surface area contributed by atoms with Gasteiger partial charge in [0.25, 0.3) is 0 Å². The molecule has 0 saturated heterocycles. The lowest BCUT2D eigenvalue weighted by molar-refractivity contribution is 0.475. The number of hydrogen-bond acceptors (Lipinski definition) is 8. The Bertz CT molecular complexity index is 2070. The highest BCUT2D eigenvalue weighted by Gasteiger charge is 2.07. The van der Waals surface area contributed by atoms with Crippen LogP contribution in [0.2, 0.25) is 0 Å². The molecule has 48 heavy (non-hydrogen) atoms. The molecule has 238 valence electrons. The fraction of sp³-hybridized carbons (Fsp3) is 0.150. The quantitative estimate of drug-likeness (QED) is 0.131. The summed E-state index contributed by atoms with van der Waals surface area (Å²) in [6, 6.07) is 40.8. The zero-order chi connectivity index (χ0) is 33.1. The molecule has 0 radical (unpaired) electrons. The Morgan fingerprint density at radius 3 is 1.75 bits per heavy atom. The van der Waals surface area contributed by atoms with E-state index in [0.29, 0.717) is 6.54 Å². The highest BCUT2D eigenvalue weighted by molar-refractivity contribution is 6.00.